The molecule has 0 aromatic heterocycles. The third-order valence-electron chi connectivity index (χ3n) is 5.39. The van der Waals surface area contributed by atoms with Crippen molar-refractivity contribution >= 4 is 17.5 Å². The highest BCUT2D eigenvalue weighted by molar-refractivity contribution is 5.92. The van der Waals surface area contributed by atoms with E-state index in [-0.39, 0.29) is 17.7 Å². The molecule has 1 aromatic rings. The lowest BCUT2D eigenvalue weighted by atomic mass is 9.94. The fourth-order valence-corrected chi connectivity index (χ4v) is 3.93. The first-order valence-electron chi connectivity index (χ1n) is 9.23. The Morgan fingerprint density at radius 2 is 1.80 bits per heavy atom. The highest BCUT2D eigenvalue weighted by Gasteiger charge is 2.35. The van der Waals surface area contributed by atoms with Crippen molar-refractivity contribution in [3.8, 4) is 0 Å². The van der Waals surface area contributed by atoms with Gasteiger partial charge in [-0.1, -0.05) is 24.6 Å². The van der Waals surface area contributed by atoms with E-state index in [1.54, 1.807) is 0 Å². The van der Waals surface area contributed by atoms with Gasteiger partial charge in [-0.25, -0.2) is 0 Å². The molecule has 0 radical (unpaired) electrons. The number of para-hydroxylation sites is 1. The maximum atomic E-state index is 12.7. The summed E-state index contributed by atoms with van der Waals surface area (Å²) in [6.07, 6.45) is 3.16. The standard InChI is InChI=1S/C19H28N4O2/c20-13-15-5-4-8-17(15)19(25)23-11-9-22(10-12-23)14-18(24)21-16-6-2-1-3-7-16/h1-3,6-7,15,17H,4-5,8-14,20H2,(H,21,24)/t15-,17-/m1/s1. The second-order valence-corrected chi connectivity index (χ2v) is 7.05. The lowest BCUT2D eigenvalue weighted by Gasteiger charge is -2.36. The number of hydrogen-bond donors (Lipinski definition) is 2. The number of piperazine rings is 1. The molecule has 6 heteroatoms. The molecule has 0 spiro atoms. The van der Waals surface area contributed by atoms with Gasteiger partial charge in [-0.15, -0.1) is 0 Å². The first kappa shape index (κ1) is 17.9. The van der Waals surface area contributed by atoms with E-state index in [9.17, 15) is 9.59 Å². The van der Waals surface area contributed by atoms with Gasteiger partial charge >= 0.3 is 0 Å². The molecule has 3 N–H and O–H groups in total. The second kappa shape index (κ2) is 8.45. The average molecular weight is 344 g/mol. The van der Waals surface area contributed by atoms with Crippen molar-refractivity contribution in [1.82, 2.24) is 9.80 Å². The summed E-state index contributed by atoms with van der Waals surface area (Å²) < 4.78 is 0. The van der Waals surface area contributed by atoms with Crippen LogP contribution in [-0.2, 0) is 9.59 Å². The van der Waals surface area contributed by atoms with Crippen molar-refractivity contribution in [2.45, 2.75) is 19.3 Å². The van der Waals surface area contributed by atoms with Crippen LogP contribution in [0.1, 0.15) is 19.3 Å². The Kier molecular flexibility index (Phi) is 6.04. The normalized spacial score (nSPS) is 24.3. The number of nitrogens with zero attached hydrogens (tertiary/aromatic N) is 2. The van der Waals surface area contributed by atoms with Gasteiger partial charge < -0.3 is 16.0 Å². The Morgan fingerprint density at radius 3 is 2.48 bits per heavy atom. The van der Waals surface area contributed by atoms with E-state index in [4.69, 9.17) is 5.73 Å². The molecule has 25 heavy (non-hydrogen) atoms. The Bertz CT molecular complexity index is 584. The zero-order chi connectivity index (χ0) is 17.6. The third kappa shape index (κ3) is 4.58. The molecule has 2 amide bonds. The molecule has 1 aliphatic heterocycles. The molecule has 3 rings (SSSR count). The van der Waals surface area contributed by atoms with E-state index in [0.29, 0.717) is 32.1 Å². The van der Waals surface area contributed by atoms with Gasteiger partial charge in [0.15, 0.2) is 0 Å². The molecule has 2 aliphatic rings. The Hall–Kier alpha value is -1.92. The smallest absolute Gasteiger partial charge is 0.238 e. The van der Waals surface area contributed by atoms with Crippen molar-refractivity contribution in [2.24, 2.45) is 17.6 Å². The van der Waals surface area contributed by atoms with Gasteiger partial charge in [-0.05, 0) is 37.4 Å². The number of benzene rings is 1. The Balaban J connectivity index is 1.44. The van der Waals surface area contributed by atoms with Crippen molar-refractivity contribution in [2.75, 3.05) is 44.6 Å². The molecule has 6 nitrogen and oxygen atoms in total. The largest absolute Gasteiger partial charge is 0.340 e. The SMILES string of the molecule is NC[C@H]1CCC[C@H]1C(=O)N1CCN(CC(=O)Nc2ccccc2)CC1. The number of nitrogens with one attached hydrogen (secondary N) is 1. The van der Waals surface area contributed by atoms with Crippen LogP contribution in [0.5, 0.6) is 0 Å². The quantitative estimate of drug-likeness (QED) is 0.840. The van der Waals surface area contributed by atoms with Crippen LogP contribution in [0.2, 0.25) is 0 Å². The summed E-state index contributed by atoms with van der Waals surface area (Å²) in [5.41, 5.74) is 6.62. The summed E-state index contributed by atoms with van der Waals surface area (Å²) in [4.78, 5) is 28.9. The van der Waals surface area contributed by atoms with Crippen LogP contribution in [0.3, 0.4) is 0 Å². The zero-order valence-electron chi connectivity index (χ0n) is 14.7. The molecule has 1 heterocycles. The predicted octanol–water partition coefficient (Wildman–Crippen LogP) is 1.14. The number of amides is 2. The van der Waals surface area contributed by atoms with Crippen molar-refractivity contribution in [3.63, 3.8) is 0 Å². The highest BCUT2D eigenvalue weighted by atomic mass is 16.2. The van der Waals surface area contributed by atoms with Gasteiger partial charge in [0.05, 0.1) is 6.54 Å². The molecule has 1 saturated carbocycles. The minimum atomic E-state index is -0.00929. The van der Waals surface area contributed by atoms with E-state index in [1.165, 1.54) is 0 Å². The molecule has 2 atom stereocenters. The maximum Gasteiger partial charge on any atom is 0.238 e. The first-order valence-corrected chi connectivity index (χ1v) is 9.23. The van der Waals surface area contributed by atoms with Gasteiger partial charge in [-0.2, -0.15) is 0 Å². The topological polar surface area (TPSA) is 78.7 Å². The summed E-state index contributed by atoms with van der Waals surface area (Å²) in [6.45, 7) is 3.86. The van der Waals surface area contributed by atoms with Crippen molar-refractivity contribution in [1.29, 1.82) is 0 Å². The van der Waals surface area contributed by atoms with Gasteiger partial charge in [0.2, 0.25) is 11.8 Å². The molecule has 0 unspecified atom stereocenters. The summed E-state index contributed by atoms with van der Waals surface area (Å²) >= 11 is 0. The molecule has 1 aromatic carbocycles. The van der Waals surface area contributed by atoms with E-state index in [1.807, 2.05) is 35.2 Å². The summed E-state index contributed by atoms with van der Waals surface area (Å²) in [5.74, 6) is 0.714. The minimum absolute atomic E-state index is 0.00929. The van der Waals surface area contributed by atoms with Crippen LogP contribution in [0.4, 0.5) is 5.69 Å². The highest BCUT2D eigenvalue weighted by Crippen LogP contribution is 2.32. The Morgan fingerprint density at radius 1 is 1.08 bits per heavy atom. The Labute approximate surface area is 149 Å². The van der Waals surface area contributed by atoms with Crippen LogP contribution < -0.4 is 11.1 Å². The molecule has 136 valence electrons. The van der Waals surface area contributed by atoms with Crippen LogP contribution in [0.25, 0.3) is 0 Å². The molecular weight excluding hydrogens is 316 g/mol. The number of carbonyl (C=O) groups is 2. The van der Waals surface area contributed by atoms with E-state index in [2.05, 4.69) is 10.2 Å². The second-order valence-electron chi connectivity index (χ2n) is 7.05. The molecule has 0 bridgehead atoms. The lowest BCUT2D eigenvalue weighted by Crippen LogP contribution is -2.52. The number of hydrogen-bond acceptors (Lipinski definition) is 4. The van der Waals surface area contributed by atoms with Crippen LogP contribution in [-0.4, -0.2) is 60.9 Å². The number of anilines is 1. The number of rotatable bonds is 5. The number of nitrogens with two attached hydrogens (primary N) is 1. The fourth-order valence-electron chi connectivity index (χ4n) is 3.93. The fraction of sp³-hybridized carbons (Fsp3) is 0.579. The monoisotopic (exact) mass is 344 g/mol. The predicted molar refractivity (Wildman–Crippen MR) is 98.0 cm³/mol. The summed E-state index contributed by atoms with van der Waals surface area (Å²) in [7, 11) is 0. The van der Waals surface area contributed by atoms with Crippen LogP contribution in [0, 0.1) is 11.8 Å². The van der Waals surface area contributed by atoms with Crippen LogP contribution in [0.15, 0.2) is 30.3 Å². The molecular formula is C19H28N4O2. The van der Waals surface area contributed by atoms with E-state index < -0.39 is 0 Å². The molecule has 2 fully saturated rings. The molecule has 1 aliphatic carbocycles. The van der Waals surface area contributed by atoms with Gasteiger partial charge in [0, 0.05) is 37.8 Å². The maximum absolute atomic E-state index is 12.7. The van der Waals surface area contributed by atoms with E-state index >= 15 is 0 Å². The number of carbonyl (C=O) groups excluding carboxylic acids is 2. The molecule has 1 saturated heterocycles. The zero-order valence-corrected chi connectivity index (χ0v) is 14.7. The van der Waals surface area contributed by atoms with Gasteiger partial charge in [0.25, 0.3) is 0 Å². The van der Waals surface area contributed by atoms with Gasteiger partial charge in [-0.3, -0.25) is 14.5 Å². The minimum Gasteiger partial charge on any atom is -0.340 e. The van der Waals surface area contributed by atoms with Crippen LogP contribution >= 0.6 is 0 Å². The van der Waals surface area contributed by atoms with E-state index in [0.717, 1.165) is 38.0 Å². The first-order chi connectivity index (χ1) is 12.2. The van der Waals surface area contributed by atoms with Gasteiger partial charge in [0.1, 0.15) is 0 Å². The van der Waals surface area contributed by atoms with Crippen molar-refractivity contribution < 1.29 is 9.59 Å². The average Bonchev–Trinajstić information content (AvgIpc) is 3.11. The lowest BCUT2D eigenvalue weighted by molar-refractivity contribution is -0.138. The third-order valence-corrected chi connectivity index (χ3v) is 5.39. The van der Waals surface area contributed by atoms with Crippen molar-refractivity contribution in [3.05, 3.63) is 30.3 Å². The summed E-state index contributed by atoms with van der Waals surface area (Å²) in [6, 6.07) is 9.48. The summed E-state index contributed by atoms with van der Waals surface area (Å²) in [5, 5.41) is 2.91.